The van der Waals surface area contributed by atoms with E-state index in [0.29, 0.717) is 12.4 Å². The first-order valence-corrected chi connectivity index (χ1v) is 5.55. The van der Waals surface area contributed by atoms with E-state index in [1.165, 1.54) is 0 Å². The number of aromatic nitrogens is 1. The molecule has 0 radical (unpaired) electrons. The van der Waals surface area contributed by atoms with Gasteiger partial charge in [-0.25, -0.2) is 10.8 Å². The maximum Gasteiger partial charge on any atom is 0.139 e. The van der Waals surface area contributed by atoms with E-state index in [1.54, 1.807) is 6.20 Å². The third-order valence-corrected chi connectivity index (χ3v) is 2.33. The molecule has 0 saturated heterocycles. The van der Waals surface area contributed by atoms with E-state index in [4.69, 9.17) is 10.9 Å². The van der Waals surface area contributed by atoms with Crippen LogP contribution in [-0.2, 0) is 6.54 Å². The van der Waals surface area contributed by atoms with Crippen molar-refractivity contribution >= 4 is 5.82 Å². The van der Waals surface area contributed by atoms with Crippen LogP contribution in [-0.4, -0.2) is 34.7 Å². The topological polar surface area (TPSA) is 74.4 Å². The van der Waals surface area contributed by atoms with E-state index in [-0.39, 0.29) is 6.61 Å². The lowest BCUT2D eigenvalue weighted by Crippen LogP contribution is -2.27. The quantitative estimate of drug-likeness (QED) is 0.466. The lowest BCUT2D eigenvalue weighted by Gasteiger charge is -2.20. The molecule has 0 aromatic carbocycles. The summed E-state index contributed by atoms with van der Waals surface area (Å²) in [4.78, 5) is 6.35. The average Bonchev–Trinajstić information content (AvgIpc) is 2.31. The second-order valence-electron chi connectivity index (χ2n) is 3.70. The van der Waals surface area contributed by atoms with Crippen LogP contribution in [0.5, 0.6) is 0 Å². The number of hydrogen-bond acceptors (Lipinski definition) is 5. The Bertz CT molecular complexity index is 283. The maximum atomic E-state index is 8.94. The summed E-state index contributed by atoms with van der Waals surface area (Å²) in [6.45, 7) is 4.81. The average molecular weight is 224 g/mol. The van der Waals surface area contributed by atoms with Gasteiger partial charge in [-0.15, -0.1) is 0 Å². The molecule has 0 saturated carbocycles. The molecule has 5 heteroatoms. The number of nitrogen functional groups attached to an aromatic ring is 1. The highest BCUT2D eigenvalue weighted by Crippen LogP contribution is 2.07. The molecule has 5 nitrogen and oxygen atoms in total. The van der Waals surface area contributed by atoms with Crippen LogP contribution >= 0.6 is 0 Å². The number of anilines is 1. The fourth-order valence-electron chi connectivity index (χ4n) is 1.59. The third-order valence-electron chi connectivity index (χ3n) is 2.33. The Labute approximate surface area is 96.3 Å². The zero-order chi connectivity index (χ0) is 11.8. The number of aliphatic hydroxyl groups is 1. The zero-order valence-electron chi connectivity index (χ0n) is 9.69. The summed E-state index contributed by atoms with van der Waals surface area (Å²) in [5, 5.41) is 8.94. The summed E-state index contributed by atoms with van der Waals surface area (Å²) in [6, 6.07) is 3.83. The summed E-state index contributed by atoms with van der Waals surface area (Å²) >= 11 is 0. The molecule has 0 aliphatic rings. The van der Waals surface area contributed by atoms with Crippen LogP contribution < -0.4 is 11.3 Å². The van der Waals surface area contributed by atoms with Gasteiger partial charge in [-0.2, -0.15) is 0 Å². The molecular formula is C11H20N4O. The molecule has 1 rings (SSSR count). The minimum absolute atomic E-state index is 0.190. The first-order chi connectivity index (χ1) is 7.80. The molecule has 0 aliphatic carbocycles. The van der Waals surface area contributed by atoms with Crippen LogP contribution in [0.3, 0.4) is 0 Å². The minimum atomic E-state index is 0.190. The van der Waals surface area contributed by atoms with E-state index >= 15 is 0 Å². The first-order valence-electron chi connectivity index (χ1n) is 5.55. The molecule has 1 aromatic heterocycles. The Hall–Kier alpha value is -1.17. The van der Waals surface area contributed by atoms with Crippen molar-refractivity contribution in [3.8, 4) is 0 Å². The number of nitrogens with zero attached hydrogens (tertiary/aromatic N) is 2. The molecule has 4 N–H and O–H groups in total. The Morgan fingerprint density at radius 2 is 2.25 bits per heavy atom. The molecule has 0 atom stereocenters. The van der Waals surface area contributed by atoms with E-state index in [0.717, 1.165) is 25.1 Å². The van der Waals surface area contributed by atoms with Crippen LogP contribution in [0.25, 0.3) is 0 Å². The summed E-state index contributed by atoms with van der Waals surface area (Å²) in [5.41, 5.74) is 3.62. The lowest BCUT2D eigenvalue weighted by atomic mass is 10.2. The van der Waals surface area contributed by atoms with Crippen LogP contribution in [0.15, 0.2) is 18.3 Å². The van der Waals surface area contributed by atoms with Crippen molar-refractivity contribution in [1.29, 1.82) is 0 Å². The SMILES string of the molecule is CCCN(CCO)Cc1ccc(NN)nc1. The second-order valence-corrected chi connectivity index (χ2v) is 3.70. The van der Waals surface area contributed by atoms with Crippen molar-refractivity contribution in [2.24, 2.45) is 5.84 Å². The Kier molecular flexibility index (Phi) is 5.77. The van der Waals surface area contributed by atoms with E-state index in [9.17, 15) is 0 Å². The van der Waals surface area contributed by atoms with Crippen molar-refractivity contribution in [1.82, 2.24) is 9.88 Å². The third kappa shape index (κ3) is 4.14. The Balaban J connectivity index is 2.54. The summed E-state index contributed by atoms with van der Waals surface area (Å²) < 4.78 is 0. The van der Waals surface area contributed by atoms with E-state index in [1.807, 2.05) is 12.1 Å². The van der Waals surface area contributed by atoms with E-state index < -0.39 is 0 Å². The van der Waals surface area contributed by atoms with Crippen LogP contribution in [0.2, 0.25) is 0 Å². The highest BCUT2D eigenvalue weighted by atomic mass is 16.3. The molecule has 90 valence electrons. The number of hydrogen-bond donors (Lipinski definition) is 3. The largest absolute Gasteiger partial charge is 0.395 e. The highest BCUT2D eigenvalue weighted by molar-refractivity contribution is 5.33. The van der Waals surface area contributed by atoms with E-state index in [2.05, 4.69) is 22.2 Å². The fraction of sp³-hybridized carbons (Fsp3) is 0.545. The molecule has 1 aromatic rings. The standard InChI is InChI=1S/C11H20N4O/c1-2-5-15(6-7-16)9-10-3-4-11(14-12)13-8-10/h3-4,8,16H,2,5-7,9,12H2,1H3,(H,13,14). The van der Waals surface area contributed by atoms with Crippen molar-refractivity contribution < 1.29 is 5.11 Å². The second kappa shape index (κ2) is 7.16. The van der Waals surface area contributed by atoms with Gasteiger partial charge in [0, 0.05) is 19.3 Å². The number of aliphatic hydroxyl groups excluding tert-OH is 1. The Morgan fingerprint density at radius 1 is 1.44 bits per heavy atom. The van der Waals surface area contributed by atoms with Gasteiger partial charge in [-0.1, -0.05) is 13.0 Å². The van der Waals surface area contributed by atoms with Crippen LogP contribution in [0.1, 0.15) is 18.9 Å². The van der Waals surface area contributed by atoms with Gasteiger partial charge in [0.2, 0.25) is 0 Å². The van der Waals surface area contributed by atoms with Crippen LogP contribution in [0.4, 0.5) is 5.82 Å². The highest BCUT2D eigenvalue weighted by Gasteiger charge is 2.04. The normalized spacial score (nSPS) is 10.8. The summed E-state index contributed by atoms with van der Waals surface area (Å²) in [7, 11) is 0. The van der Waals surface area contributed by atoms with Gasteiger partial charge >= 0.3 is 0 Å². The Morgan fingerprint density at radius 3 is 2.75 bits per heavy atom. The number of hydrazine groups is 1. The molecular weight excluding hydrogens is 204 g/mol. The number of pyridine rings is 1. The predicted octanol–water partition coefficient (Wildman–Crippen LogP) is 0.571. The van der Waals surface area contributed by atoms with Crippen molar-refractivity contribution in [2.75, 3.05) is 25.1 Å². The fourth-order valence-corrected chi connectivity index (χ4v) is 1.59. The van der Waals surface area contributed by atoms with Gasteiger partial charge in [0.1, 0.15) is 5.82 Å². The summed E-state index contributed by atoms with van der Waals surface area (Å²) in [5.74, 6) is 5.90. The molecule has 0 bridgehead atoms. The van der Waals surface area contributed by atoms with Gasteiger partial charge in [0.15, 0.2) is 0 Å². The van der Waals surface area contributed by atoms with Crippen LogP contribution in [0, 0.1) is 0 Å². The van der Waals surface area contributed by atoms with Crippen molar-refractivity contribution in [3.05, 3.63) is 23.9 Å². The lowest BCUT2D eigenvalue weighted by molar-refractivity contribution is 0.190. The van der Waals surface area contributed by atoms with Gasteiger partial charge in [-0.3, -0.25) is 4.90 Å². The molecule has 0 amide bonds. The first kappa shape index (κ1) is 12.9. The minimum Gasteiger partial charge on any atom is -0.395 e. The number of nitrogens with two attached hydrogens (primary N) is 1. The van der Waals surface area contributed by atoms with Gasteiger partial charge in [0.05, 0.1) is 6.61 Å². The van der Waals surface area contributed by atoms with Gasteiger partial charge < -0.3 is 10.5 Å². The molecule has 0 unspecified atom stereocenters. The van der Waals surface area contributed by atoms with Gasteiger partial charge in [-0.05, 0) is 24.6 Å². The molecule has 16 heavy (non-hydrogen) atoms. The monoisotopic (exact) mass is 224 g/mol. The predicted molar refractivity (Wildman–Crippen MR) is 64.7 cm³/mol. The molecule has 0 aliphatic heterocycles. The van der Waals surface area contributed by atoms with Crippen molar-refractivity contribution in [2.45, 2.75) is 19.9 Å². The molecule has 1 heterocycles. The molecule has 0 spiro atoms. The summed E-state index contributed by atoms with van der Waals surface area (Å²) in [6.07, 6.45) is 2.88. The zero-order valence-corrected chi connectivity index (χ0v) is 9.69. The number of rotatable bonds is 7. The molecule has 0 fully saturated rings. The maximum absolute atomic E-state index is 8.94. The smallest absolute Gasteiger partial charge is 0.139 e. The number of nitrogens with one attached hydrogen (secondary N) is 1. The van der Waals surface area contributed by atoms with Crippen molar-refractivity contribution in [3.63, 3.8) is 0 Å². The van der Waals surface area contributed by atoms with Gasteiger partial charge in [0.25, 0.3) is 0 Å².